The van der Waals surface area contributed by atoms with Gasteiger partial charge in [-0.3, -0.25) is 14.9 Å². The quantitative estimate of drug-likeness (QED) is 0.408. The van der Waals surface area contributed by atoms with E-state index in [2.05, 4.69) is 10.6 Å². The number of hydrogen-bond acceptors (Lipinski definition) is 6. The highest BCUT2D eigenvalue weighted by Gasteiger charge is 2.19. The number of benzene rings is 2. The summed E-state index contributed by atoms with van der Waals surface area (Å²) < 4.78 is 5.07. The van der Waals surface area contributed by atoms with Gasteiger partial charge in [0, 0.05) is 30.6 Å². The van der Waals surface area contributed by atoms with E-state index in [-0.39, 0.29) is 11.3 Å². The normalized spacial score (nSPS) is 10.2. The Labute approximate surface area is 163 Å². The predicted molar refractivity (Wildman–Crippen MR) is 107 cm³/mol. The zero-order chi connectivity index (χ0) is 20.7. The van der Waals surface area contributed by atoms with Crippen LogP contribution in [-0.4, -0.2) is 30.5 Å². The van der Waals surface area contributed by atoms with E-state index in [0.29, 0.717) is 5.69 Å². The summed E-state index contributed by atoms with van der Waals surface area (Å²) in [5.41, 5.74) is 2.86. The Kier molecular flexibility index (Phi) is 7.08. The summed E-state index contributed by atoms with van der Waals surface area (Å²) in [6.45, 7) is 3.49. The molecule has 0 aliphatic rings. The molecule has 0 unspecified atom stereocenters. The molecule has 0 spiro atoms. The summed E-state index contributed by atoms with van der Waals surface area (Å²) in [6.07, 6.45) is 1.50. The van der Waals surface area contributed by atoms with Crippen LogP contribution in [0.1, 0.15) is 35.3 Å². The first-order chi connectivity index (χ1) is 13.4. The number of rotatable bonds is 8. The molecule has 0 atom stereocenters. The Morgan fingerprint density at radius 1 is 1.11 bits per heavy atom. The third-order valence-corrected chi connectivity index (χ3v) is 4.30. The standard InChI is InChI=1S/C20H23N3O5/c1-4-13-7-6-8-14(5-2)19(13)22-18(24)12-28-20(25)16-11-15(23(26)27)9-10-17(16)21-3/h6-11,21H,4-5,12H2,1-3H3,(H,22,24). The number of nitro groups is 1. The molecule has 0 saturated heterocycles. The van der Waals surface area contributed by atoms with Crippen molar-refractivity contribution in [2.24, 2.45) is 0 Å². The maximum Gasteiger partial charge on any atom is 0.341 e. The van der Waals surface area contributed by atoms with E-state index in [9.17, 15) is 19.7 Å². The van der Waals surface area contributed by atoms with Crippen LogP contribution in [0.4, 0.5) is 17.1 Å². The zero-order valence-corrected chi connectivity index (χ0v) is 16.1. The minimum atomic E-state index is -0.817. The second kappa shape index (κ2) is 9.50. The largest absolute Gasteiger partial charge is 0.452 e. The number of aryl methyl sites for hydroxylation is 2. The monoisotopic (exact) mass is 385 g/mol. The summed E-state index contributed by atoms with van der Waals surface area (Å²) in [5, 5.41) is 16.5. The molecule has 2 N–H and O–H groups in total. The highest BCUT2D eigenvalue weighted by atomic mass is 16.6. The maximum atomic E-state index is 12.3. The van der Waals surface area contributed by atoms with E-state index in [1.54, 1.807) is 7.05 Å². The zero-order valence-electron chi connectivity index (χ0n) is 16.1. The Morgan fingerprint density at radius 3 is 2.29 bits per heavy atom. The van der Waals surface area contributed by atoms with Gasteiger partial charge in [-0.25, -0.2) is 4.79 Å². The third-order valence-electron chi connectivity index (χ3n) is 4.30. The van der Waals surface area contributed by atoms with Gasteiger partial charge in [0.1, 0.15) is 0 Å². The van der Waals surface area contributed by atoms with Crippen LogP contribution in [0.3, 0.4) is 0 Å². The molecular weight excluding hydrogens is 362 g/mol. The number of carbonyl (C=O) groups is 2. The molecule has 2 aromatic carbocycles. The van der Waals surface area contributed by atoms with Crippen LogP contribution in [0.25, 0.3) is 0 Å². The molecule has 8 nitrogen and oxygen atoms in total. The molecule has 0 radical (unpaired) electrons. The molecule has 0 fully saturated rings. The topological polar surface area (TPSA) is 111 Å². The molecule has 2 rings (SSSR count). The van der Waals surface area contributed by atoms with Crippen molar-refractivity contribution in [3.63, 3.8) is 0 Å². The number of nitrogens with zero attached hydrogens (tertiary/aromatic N) is 1. The lowest BCUT2D eigenvalue weighted by molar-refractivity contribution is -0.384. The van der Waals surface area contributed by atoms with Crippen LogP contribution >= 0.6 is 0 Å². The van der Waals surface area contributed by atoms with Crippen LogP contribution in [0.2, 0.25) is 0 Å². The number of nitro benzene ring substituents is 1. The fourth-order valence-corrected chi connectivity index (χ4v) is 2.82. The SMILES string of the molecule is CCc1cccc(CC)c1NC(=O)COC(=O)c1cc([N+](=O)[O-])ccc1NC. The van der Waals surface area contributed by atoms with Gasteiger partial charge in [0.15, 0.2) is 6.61 Å². The average Bonchev–Trinajstić information content (AvgIpc) is 2.71. The number of non-ortho nitro benzene ring substituents is 1. The molecule has 0 aliphatic heterocycles. The fraction of sp³-hybridized carbons (Fsp3) is 0.300. The van der Waals surface area contributed by atoms with E-state index in [1.165, 1.54) is 12.1 Å². The number of carbonyl (C=O) groups excluding carboxylic acids is 2. The molecule has 2 aromatic rings. The van der Waals surface area contributed by atoms with Gasteiger partial charge in [-0.1, -0.05) is 32.0 Å². The number of esters is 1. The van der Waals surface area contributed by atoms with Crippen molar-refractivity contribution in [1.29, 1.82) is 0 Å². The van der Waals surface area contributed by atoms with Gasteiger partial charge < -0.3 is 15.4 Å². The van der Waals surface area contributed by atoms with Gasteiger partial charge in [0.05, 0.1) is 10.5 Å². The minimum absolute atomic E-state index is 0.00675. The van der Waals surface area contributed by atoms with Crippen molar-refractivity contribution < 1.29 is 19.2 Å². The van der Waals surface area contributed by atoms with Gasteiger partial charge in [-0.15, -0.1) is 0 Å². The van der Waals surface area contributed by atoms with E-state index in [0.717, 1.165) is 35.7 Å². The molecule has 1 amide bonds. The Bertz CT molecular complexity index is 873. The second-order valence-electron chi connectivity index (χ2n) is 6.02. The summed E-state index contributed by atoms with van der Waals surface area (Å²) in [4.78, 5) is 35.0. The van der Waals surface area contributed by atoms with Gasteiger partial charge in [0.2, 0.25) is 0 Å². The molecule has 0 aromatic heterocycles. The fourth-order valence-electron chi connectivity index (χ4n) is 2.82. The molecular formula is C20H23N3O5. The number of hydrogen-bond donors (Lipinski definition) is 2. The van der Waals surface area contributed by atoms with E-state index in [1.807, 2.05) is 32.0 Å². The van der Waals surface area contributed by atoms with Gasteiger partial charge >= 0.3 is 5.97 Å². The Hall–Kier alpha value is -3.42. The number of anilines is 2. The number of amides is 1. The predicted octanol–water partition coefficient (Wildman–Crippen LogP) is 3.56. The van der Waals surface area contributed by atoms with Gasteiger partial charge in [-0.2, -0.15) is 0 Å². The molecule has 0 bridgehead atoms. The molecule has 28 heavy (non-hydrogen) atoms. The van der Waals surface area contributed by atoms with E-state index >= 15 is 0 Å². The Balaban J connectivity index is 2.11. The lowest BCUT2D eigenvalue weighted by Gasteiger charge is -2.14. The molecule has 0 heterocycles. The van der Waals surface area contributed by atoms with Gasteiger partial charge in [0.25, 0.3) is 11.6 Å². The molecule has 148 valence electrons. The van der Waals surface area contributed by atoms with Crippen molar-refractivity contribution in [2.75, 3.05) is 24.3 Å². The summed E-state index contributed by atoms with van der Waals surface area (Å²) in [5.74, 6) is -1.29. The maximum absolute atomic E-state index is 12.3. The summed E-state index contributed by atoms with van der Waals surface area (Å²) in [7, 11) is 1.58. The number of ether oxygens (including phenoxy) is 1. The van der Waals surface area contributed by atoms with Crippen molar-refractivity contribution >= 4 is 28.9 Å². The lowest BCUT2D eigenvalue weighted by Crippen LogP contribution is -2.22. The molecule has 0 saturated carbocycles. The van der Waals surface area contributed by atoms with Crippen LogP contribution in [-0.2, 0) is 22.4 Å². The second-order valence-corrected chi connectivity index (χ2v) is 6.02. The smallest absolute Gasteiger partial charge is 0.341 e. The van der Waals surface area contributed by atoms with Crippen molar-refractivity contribution in [1.82, 2.24) is 0 Å². The molecule has 0 aliphatic carbocycles. The van der Waals surface area contributed by atoms with E-state index in [4.69, 9.17) is 4.74 Å². The van der Waals surface area contributed by atoms with Crippen molar-refractivity contribution in [2.45, 2.75) is 26.7 Å². The van der Waals surface area contributed by atoms with Crippen LogP contribution in [0.5, 0.6) is 0 Å². The number of nitrogens with one attached hydrogen (secondary N) is 2. The molecule has 8 heteroatoms. The number of para-hydroxylation sites is 1. The first-order valence-corrected chi connectivity index (χ1v) is 8.95. The average molecular weight is 385 g/mol. The highest BCUT2D eigenvalue weighted by molar-refractivity contribution is 5.99. The minimum Gasteiger partial charge on any atom is -0.452 e. The van der Waals surface area contributed by atoms with Gasteiger partial charge in [-0.05, 0) is 30.0 Å². The Morgan fingerprint density at radius 2 is 1.75 bits per heavy atom. The van der Waals surface area contributed by atoms with Crippen LogP contribution < -0.4 is 10.6 Å². The lowest BCUT2D eigenvalue weighted by atomic mass is 10.0. The summed E-state index contributed by atoms with van der Waals surface area (Å²) in [6, 6.07) is 9.62. The third kappa shape index (κ3) is 4.85. The van der Waals surface area contributed by atoms with E-state index < -0.39 is 23.4 Å². The van der Waals surface area contributed by atoms with Crippen LogP contribution in [0.15, 0.2) is 36.4 Å². The first kappa shape index (κ1) is 20.9. The summed E-state index contributed by atoms with van der Waals surface area (Å²) >= 11 is 0. The van der Waals surface area contributed by atoms with Crippen molar-refractivity contribution in [3.05, 3.63) is 63.2 Å². The highest BCUT2D eigenvalue weighted by Crippen LogP contribution is 2.24. The first-order valence-electron chi connectivity index (χ1n) is 8.95. The van der Waals surface area contributed by atoms with Crippen LogP contribution in [0, 0.1) is 10.1 Å². The van der Waals surface area contributed by atoms with Crippen molar-refractivity contribution in [3.8, 4) is 0 Å².